The van der Waals surface area contributed by atoms with Crippen molar-refractivity contribution in [2.75, 3.05) is 30.5 Å². The van der Waals surface area contributed by atoms with Crippen molar-refractivity contribution in [3.8, 4) is 5.75 Å². The van der Waals surface area contributed by atoms with E-state index in [1.54, 1.807) is 47.6 Å². The standard InChI is InChI=1S/C17H16N2O4S/c1-18-14-10-13(22-2)8-9-15(14)24-19(17(18)21)12-6-4-11(5-7-12)16(20)23-3/h4-10H,1-3H3. The summed E-state index contributed by atoms with van der Waals surface area (Å²) in [6, 6.07) is 12.1. The zero-order valence-corrected chi connectivity index (χ0v) is 14.3. The number of methoxy groups -OCH3 is 2. The van der Waals surface area contributed by atoms with Crippen molar-refractivity contribution in [1.29, 1.82) is 0 Å². The van der Waals surface area contributed by atoms with Crippen LogP contribution in [0.1, 0.15) is 10.4 Å². The summed E-state index contributed by atoms with van der Waals surface area (Å²) in [5.41, 5.74) is 1.92. The summed E-state index contributed by atoms with van der Waals surface area (Å²) in [5.74, 6) is 0.290. The number of urea groups is 1. The van der Waals surface area contributed by atoms with Crippen LogP contribution in [-0.4, -0.2) is 33.3 Å². The summed E-state index contributed by atoms with van der Waals surface area (Å²) in [5, 5.41) is 0. The molecule has 0 bridgehead atoms. The van der Waals surface area contributed by atoms with E-state index in [1.165, 1.54) is 19.1 Å². The minimum absolute atomic E-state index is 0.174. The highest BCUT2D eigenvalue weighted by atomic mass is 32.2. The van der Waals surface area contributed by atoms with Crippen LogP contribution < -0.4 is 13.9 Å². The fraction of sp³-hybridized carbons (Fsp3) is 0.176. The van der Waals surface area contributed by atoms with Gasteiger partial charge in [-0.25, -0.2) is 13.9 Å². The number of hydrogen-bond acceptors (Lipinski definition) is 5. The van der Waals surface area contributed by atoms with E-state index in [2.05, 4.69) is 4.74 Å². The molecule has 2 aromatic rings. The van der Waals surface area contributed by atoms with Gasteiger partial charge in [0, 0.05) is 13.1 Å². The highest BCUT2D eigenvalue weighted by Crippen LogP contribution is 2.42. The molecular formula is C17H16N2O4S. The van der Waals surface area contributed by atoms with E-state index >= 15 is 0 Å². The molecular weight excluding hydrogens is 328 g/mol. The Morgan fingerprint density at radius 3 is 2.42 bits per heavy atom. The van der Waals surface area contributed by atoms with Crippen molar-refractivity contribution in [3.63, 3.8) is 0 Å². The first-order valence-electron chi connectivity index (χ1n) is 7.17. The number of fused-ring (bicyclic) bond motifs is 1. The van der Waals surface area contributed by atoms with E-state index in [-0.39, 0.29) is 6.03 Å². The van der Waals surface area contributed by atoms with Gasteiger partial charge in [0.2, 0.25) is 0 Å². The van der Waals surface area contributed by atoms with Crippen LogP contribution in [0.25, 0.3) is 0 Å². The maximum atomic E-state index is 12.7. The summed E-state index contributed by atoms with van der Waals surface area (Å²) < 4.78 is 11.5. The number of rotatable bonds is 3. The minimum atomic E-state index is -0.409. The second kappa shape index (κ2) is 6.45. The molecule has 1 aliphatic heterocycles. The Morgan fingerprint density at radius 1 is 1.08 bits per heavy atom. The van der Waals surface area contributed by atoms with Crippen LogP contribution >= 0.6 is 11.9 Å². The number of hydrogen-bond donors (Lipinski definition) is 0. The van der Waals surface area contributed by atoms with E-state index in [0.717, 1.165) is 10.6 Å². The molecule has 0 atom stereocenters. The van der Waals surface area contributed by atoms with Crippen LogP contribution in [0.5, 0.6) is 5.75 Å². The van der Waals surface area contributed by atoms with Gasteiger partial charge in [-0.05, 0) is 48.3 Å². The fourth-order valence-electron chi connectivity index (χ4n) is 2.35. The molecule has 7 heteroatoms. The Labute approximate surface area is 144 Å². The molecule has 0 aliphatic carbocycles. The van der Waals surface area contributed by atoms with E-state index < -0.39 is 5.97 Å². The van der Waals surface area contributed by atoms with Crippen molar-refractivity contribution in [2.24, 2.45) is 0 Å². The zero-order chi connectivity index (χ0) is 17.3. The van der Waals surface area contributed by atoms with Gasteiger partial charge in [-0.2, -0.15) is 0 Å². The third kappa shape index (κ3) is 2.78. The topological polar surface area (TPSA) is 59.1 Å². The molecule has 0 aromatic heterocycles. The lowest BCUT2D eigenvalue weighted by Gasteiger charge is -2.33. The molecule has 24 heavy (non-hydrogen) atoms. The smallest absolute Gasteiger partial charge is 0.339 e. The molecule has 2 amide bonds. The molecule has 1 aliphatic rings. The van der Waals surface area contributed by atoms with Gasteiger partial charge in [0.25, 0.3) is 0 Å². The first kappa shape index (κ1) is 16.2. The molecule has 6 nitrogen and oxygen atoms in total. The lowest BCUT2D eigenvalue weighted by atomic mass is 10.2. The molecule has 0 spiro atoms. The summed E-state index contributed by atoms with van der Waals surface area (Å²) >= 11 is 1.33. The predicted octanol–water partition coefficient (Wildman–Crippen LogP) is 3.57. The van der Waals surface area contributed by atoms with Crippen LogP contribution in [-0.2, 0) is 4.74 Å². The predicted molar refractivity (Wildman–Crippen MR) is 92.9 cm³/mol. The fourth-order valence-corrected chi connectivity index (χ4v) is 3.40. The van der Waals surface area contributed by atoms with Crippen molar-refractivity contribution in [3.05, 3.63) is 48.0 Å². The largest absolute Gasteiger partial charge is 0.497 e. The third-order valence-corrected chi connectivity index (χ3v) is 4.79. The average Bonchev–Trinajstić information content (AvgIpc) is 2.63. The number of amides is 2. The van der Waals surface area contributed by atoms with Crippen LogP contribution in [0.15, 0.2) is 47.4 Å². The molecule has 1 heterocycles. The van der Waals surface area contributed by atoms with Gasteiger partial charge < -0.3 is 9.47 Å². The third-order valence-electron chi connectivity index (χ3n) is 3.70. The van der Waals surface area contributed by atoms with Crippen LogP contribution in [0, 0.1) is 0 Å². The lowest BCUT2D eigenvalue weighted by molar-refractivity contribution is 0.0601. The highest BCUT2D eigenvalue weighted by molar-refractivity contribution is 8.01. The number of nitrogens with zero attached hydrogens (tertiary/aromatic N) is 2. The number of carbonyl (C=O) groups excluding carboxylic acids is 2. The summed E-state index contributed by atoms with van der Waals surface area (Å²) in [6.45, 7) is 0. The van der Waals surface area contributed by atoms with E-state index in [9.17, 15) is 9.59 Å². The number of esters is 1. The second-order valence-corrected chi connectivity index (χ2v) is 6.09. The van der Waals surface area contributed by atoms with Gasteiger partial charge in [-0.15, -0.1) is 0 Å². The molecule has 2 aromatic carbocycles. The van der Waals surface area contributed by atoms with Gasteiger partial charge in [-0.3, -0.25) is 4.90 Å². The summed E-state index contributed by atoms with van der Waals surface area (Å²) in [6.07, 6.45) is 0. The molecule has 0 radical (unpaired) electrons. The molecule has 0 saturated heterocycles. The van der Waals surface area contributed by atoms with Gasteiger partial charge in [0.05, 0.1) is 36.1 Å². The number of carbonyl (C=O) groups is 2. The van der Waals surface area contributed by atoms with Gasteiger partial charge in [-0.1, -0.05) is 0 Å². The van der Waals surface area contributed by atoms with Crippen LogP contribution in [0.4, 0.5) is 16.2 Å². The molecule has 0 N–H and O–H groups in total. The lowest BCUT2D eigenvalue weighted by Crippen LogP contribution is -2.40. The number of anilines is 2. The van der Waals surface area contributed by atoms with Crippen LogP contribution in [0.3, 0.4) is 0 Å². The second-order valence-electron chi connectivity index (χ2n) is 5.10. The Balaban J connectivity index is 1.92. The Hall–Kier alpha value is -2.67. The minimum Gasteiger partial charge on any atom is -0.497 e. The van der Waals surface area contributed by atoms with Crippen molar-refractivity contribution in [2.45, 2.75) is 4.90 Å². The number of ether oxygens (including phenoxy) is 2. The highest BCUT2D eigenvalue weighted by Gasteiger charge is 2.30. The van der Waals surface area contributed by atoms with Crippen molar-refractivity contribution >= 4 is 35.3 Å². The Kier molecular flexibility index (Phi) is 4.35. The molecule has 0 fully saturated rings. The SMILES string of the molecule is COC(=O)c1ccc(N2Sc3ccc(OC)cc3N(C)C2=O)cc1. The Morgan fingerprint density at radius 2 is 1.79 bits per heavy atom. The molecule has 0 unspecified atom stereocenters. The quantitative estimate of drug-likeness (QED) is 0.629. The maximum Gasteiger partial charge on any atom is 0.339 e. The van der Waals surface area contributed by atoms with Crippen molar-refractivity contribution < 1.29 is 19.1 Å². The maximum absolute atomic E-state index is 12.7. The van der Waals surface area contributed by atoms with Gasteiger partial charge >= 0.3 is 12.0 Å². The molecule has 0 saturated carbocycles. The number of benzene rings is 2. The van der Waals surface area contributed by atoms with Gasteiger partial charge in [0.15, 0.2) is 0 Å². The van der Waals surface area contributed by atoms with E-state index in [4.69, 9.17) is 4.74 Å². The monoisotopic (exact) mass is 344 g/mol. The zero-order valence-electron chi connectivity index (χ0n) is 13.5. The summed E-state index contributed by atoms with van der Waals surface area (Å²) in [4.78, 5) is 26.7. The van der Waals surface area contributed by atoms with Crippen molar-refractivity contribution in [1.82, 2.24) is 0 Å². The first-order chi connectivity index (χ1) is 11.5. The van der Waals surface area contributed by atoms with Gasteiger partial charge in [0.1, 0.15) is 5.75 Å². The van der Waals surface area contributed by atoms with E-state index in [0.29, 0.717) is 17.0 Å². The van der Waals surface area contributed by atoms with Crippen LogP contribution in [0.2, 0.25) is 0 Å². The molecule has 124 valence electrons. The normalized spacial score (nSPS) is 13.5. The molecule has 3 rings (SSSR count). The summed E-state index contributed by atoms with van der Waals surface area (Å²) in [7, 11) is 4.64. The average molecular weight is 344 g/mol. The van der Waals surface area contributed by atoms with E-state index in [1.807, 2.05) is 18.2 Å². The Bertz CT molecular complexity index is 792. The first-order valence-corrected chi connectivity index (χ1v) is 7.94.